The molecule has 1 atom stereocenters. The van der Waals surface area contributed by atoms with Gasteiger partial charge in [0, 0.05) is 0 Å². The number of aliphatic carboxylic acids is 1. The number of carboxylic acid groups (broad SMARTS) is 1. The molecule has 0 radical (unpaired) electrons. The average Bonchev–Trinajstić information content (AvgIpc) is 2.14. The van der Waals surface area contributed by atoms with Crippen LogP contribution in [0.25, 0.3) is 0 Å². The van der Waals surface area contributed by atoms with E-state index in [4.69, 9.17) is 9.66 Å². The number of nitrogens with one attached hydrogen (secondary N) is 1. The second-order valence-corrected chi connectivity index (χ2v) is 3.96. The monoisotopic (exact) mass is 231 g/mol. The molecule has 0 fully saturated rings. The van der Waals surface area contributed by atoms with Gasteiger partial charge in [-0.25, -0.2) is 0 Å². The van der Waals surface area contributed by atoms with Crippen molar-refractivity contribution >= 4 is 16.3 Å². The van der Waals surface area contributed by atoms with E-state index in [9.17, 15) is 13.2 Å². The van der Waals surface area contributed by atoms with E-state index < -0.39 is 22.3 Å². The molecule has 0 bridgehead atoms. The van der Waals surface area contributed by atoms with Gasteiger partial charge in [-0.05, 0) is 5.56 Å². The Kier molecular flexibility index (Phi) is 3.40. The molecule has 82 valence electrons. The summed E-state index contributed by atoms with van der Waals surface area (Å²) in [7, 11) is -4.55. The maximum absolute atomic E-state index is 10.7. The lowest BCUT2D eigenvalue weighted by molar-refractivity contribution is -0.139. The van der Waals surface area contributed by atoms with Crippen molar-refractivity contribution in [2.45, 2.75) is 6.04 Å². The number of hydrogen-bond donors (Lipinski definition) is 3. The summed E-state index contributed by atoms with van der Waals surface area (Å²) in [6.07, 6.45) is 0. The van der Waals surface area contributed by atoms with Gasteiger partial charge in [-0.2, -0.15) is 13.1 Å². The number of carbonyl (C=O) groups is 1. The van der Waals surface area contributed by atoms with Crippen LogP contribution in [0.2, 0.25) is 0 Å². The largest absolute Gasteiger partial charge is 0.480 e. The second-order valence-electron chi connectivity index (χ2n) is 2.77. The standard InChI is InChI=1S/C8H9NO5S/c10-8(11)7(9-15(12,13)14)6-4-2-1-3-5-6/h1-5,7,9H,(H,10,11)(H,12,13,14). The zero-order valence-electron chi connectivity index (χ0n) is 7.49. The number of benzene rings is 1. The van der Waals surface area contributed by atoms with Crippen molar-refractivity contribution in [3.8, 4) is 0 Å². The zero-order valence-corrected chi connectivity index (χ0v) is 8.31. The van der Waals surface area contributed by atoms with Crippen LogP contribution in [0.5, 0.6) is 0 Å². The molecule has 1 aromatic carbocycles. The van der Waals surface area contributed by atoms with Crippen LogP contribution in [-0.2, 0) is 15.1 Å². The minimum absolute atomic E-state index is 0.239. The van der Waals surface area contributed by atoms with E-state index >= 15 is 0 Å². The van der Waals surface area contributed by atoms with E-state index in [-0.39, 0.29) is 5.56 Å². The summed E-state index contributed by atoms with van der Waals surface area (Å²) >= 11 is 0. The Morgan fingerprint density at radius 3 is 2.20 bits per heavy atom. The fourth-order valence-corrected chi connectivity index (χ4v) is 1.59. The summed E-state index contributed by atoms with van der Waals surface area (Å²) < 4.78 is 31.1. The van der Waals surface area contributed by atoms with Gasteiger partial charge in [-0.15, -0.1) is 0 Å². The average molecular weight is 231 g/mol. The first-order chi connectivity index (χ1) is 6.90. The lowest BCUT2D eigenvalue weighted by Crippen LogP contribution is -2.33. The lowest BCUT2D eigenvalue weighted by Gasteiger charge is -2.11. The molecule has 0 aliphatic rings. The summed E-state index contributed by atoms with van der Waals surface area (Å²) in [6.45, 7) is 0. The van der Waals surface area contributed by atoms with E-state index in [0.29, 0.717) is 0 Å². The first-order valence-corrected chi connectivity index (χ1v) is 5.36. The van der Waals surface area contributed by atoms with E-state index in [2.05, 4.69) is 0 Å². The number of rotatable bonds is 4. The van der Waals surface area contributed by atoms with Gasteiger partial charge < -0.3 is 5.11 Å². The Balaban J connectivity index is 3.00. The van der Waals surface area contributed by atoms with Gasteiger partial charge in [0.1, 0.15) is 6.04 Å². The van der Waals surface area contributed by atoms with Crippen LogP contribution in [0.15, 0.2) is 30.3 Å². The maximum Gasteiger partial charge on any atom is 0.334 e. The molecule has 15 heavy (non-hydrogen) atoms. The topological polar surface area (TPSA) is 104 Å². The minimum atomic E-state index is -4.55. The third-order valence-electron chi connectivity index (χ3n) is 1.65. The zero-order chi connectivity index (χ0) is 11.5. The van der Waals surface area contributed by atoms with Crippen LogP contribution >= 0.6 is 0 Å². The predicted octanol–water partition coefficient (Wildman–Crippen LogP) is 0.205. The van der Waals surface area contributed by atoms with Gasteiger partial charge in [0.2, 0.25) is 0 Å². The molecule has 3 N–H and O–H groups in total. The fourth-order valence-electron chi connectivity index (χ4n) is 1.06. The third kappa shape index (κ3) is 3.66. The van der Waals surface area contributed by atoms with Crippen molar-refractivity contribution in [1.29, 1.82) is 0 Å². The molecule has 0 aliphatic carbocycles. The highest BCUT2D eigenvalue weighted by Gasteiger charge is 2.23. The second kappa shape index (κ2) is 4.39. The Labute approximate surface area is 86.4 Å². The van der Waals surface area contributed by atoms with Crippen LogP contribution < -0.4 is 4.72 Å². The van der Waals surface area contributed by atoms with Gasteiger partial charge in [-0.1, -0.05) is 30.3 Å². The van der Waals surface area contributed by atoms with Crippen molar-refractivity contribution in [2.75, 3.05) is 0 Å². The SMILES string of the molecule is O=C(O)C(NS(=O)(=O)O)c1ccccc1. The van der Waals surface area contributed by atoms with E-state index in [1.54, 1.807) is 22.9 Å². The van der Waals surface area contributed by atoms with Crippen molar-refractivity contribution in [3.05, 3.63) is 35.9 Å². The molecule has 0 saturated heterocycles. The summed E-state index contributed by atoms with van der Waals surface area (Å²) in [5.41, 5.74) is 0.239. The first kappa shape index (κ1) is 11.6. The number of carboxylic acids is 1. The smallest absolute Gasteiger partial charge is 0.334 e. The van der Waals surface area contributed by atoms with Gasteiger partial charge in [0.05, 0.1) is 0 Å². The Morgan fingerprint density at radius 1 is 1.27 bits per heavy atom. The van der Waals surface area contributed by atoms with Crippen LogP contribution in [0, 0.1) is 0 Å². The van der Waals surface area contributed by atoms with Crippen molar-refractivity contribution in [3.63, 3.8) is 0 Å². The van der Waals surface area contributed by atoms with Gasteiger partial charge >= 0.3 is 16.3 Å². The third-order valence-corrected chi connectivity index (χ3v) is 2.18. The van der Waals surface area contributed by atoms with Gasteiger partial charge in [0.25, 0.3) is 0 Å². The van der Waals surface area contributed by atoms with Crippen LogP contribution in [0.1, 0.15) is 11.6 Å². The van der Waals surface area contributed by atoms with Crippen LogP contribution in [0.3, 0.4) is 0 Å². The molecule has 1 unspecified atom stereocenters. The Hall–Kier alpha value is -1.44. The summed E-state index contributed by atoms with van der Waals surface area (Å²) in [5, 5.41) is 8.75. The minimum Gasteiger partial charge on any atom is -0.480 e. The first-order valence-electron chi connectivity index (χ1n) is 3.92. The van der Waals surface area contributed by atoms with Crippen molar-refractivity contribution < 1.29 is 22.9 Å². The van der Waals surface area contributed by atoms with Crippen molar-refractivity contribution in [2.24, 2.45) is 0 Å². The molecular formula is C8H9NO5S. The lowest BCUT2D eigenvalue weighted by atomic mass is 10.1. The fraction of sp³-hybridized carbons (Fsp3) is 0.125. The molecular weight excluding hydrogens is 222 g/mol. The quantitative estimate of drug-likeness (QED) is 0.642. The molecule has 0 aromatic heterocycles. The summed E-state index contributed by atoms with van der Waals surface area (Å²) in [4.78, 5) is 10.7. The highest BCUT2D eigenvalue weighted by atomic mass is 32.2. The molecule has 0 saturated carbocycles. The highest BCUT2D eigenvalue weighted by molar-refractivity contribution is 7.83. The number of hydrogen-bond acceptors (Lipinski definition) is 3. The molecule has 7 heteroatoms. The Morgan fingerprint density at radius 2 is 1.80 bits per heavy atom. The van der Waals surface area contributed by atoms with Crippen molar-refractivity contribution in [1.82, 2.24) is 4.72 Å². The van der Waals surface area contributed by atoms with Gasteiger partial charge in [0.15, 0.2) is 0 Å². The molecule has 0 aliphatic heterocycles. The molecule has 1 aromatic rings. The van der Waals surface area contributed by atoms with E-state index in [1.165, 1.54) is 12.1 Å². The Bertz CT molecular complexity index is 441. The van der Waals surface area contributed by atoms with Crippen LogP contribution in [-0.4, -0.2) is 24.0 Å². The summed E-state index contributed by atoms with van der Waals surface area (Å²) in [6, 6.07) is 6.19. The summed E-state index contributed by atoms with van der Waals surface area (Å²) in [5.74, 6) is -1.39. The normalized spacial score (nSPS) is 13.4. The highest BCUT2D eigenvalue weighted by Crippen LogP contribution is 2.13. The molecule has 0 spiro atoms. The maximum atomic E-state index is 10.7. The van der Waals surface area contributed by atoms with Crippen LogP contribution in [0.4, 0.5) is 0 Å². The molecule has 0 amide bonds. The van der Waals surface area contributed by atoms with E-state index in [0.717, 1.165) is 0 Å². The molecule has 1 rings (SSSR count). The van der Waals surface area contributed by atoms with E-state index in [1.807, 2.05) is 0 Å². The van der Waals surface area contributed by atoms with Gasteiger partial charge in [-0.3, -0.25) is 9.35 Å². The molecule has 6 nitrogen and oxygen atoms in total. The predicted molar refractivity (Wildman–Crippen MR) is 51.5 cm³/mol. The molecule has 0 heterocycles.